The molecule has 2 unspecified atom stereocenters. The summed E-state index contributed by atoms with van der Waals surface area (Å²) in [5, 5.41) is 59.2. The molecule has 260 valence electrons. The molecule has 1 aromatic carbocycles. The van der Waals surface area contributed by atoms with Crippen LogP contribution in [0.25, 0.3) is 0 Å². The summed E-state index contributed by atoms with van der Waals surface area (Å²) in [6.45, 7) is -2.14. The largest absolute Gasteiger partial charge is 0.483 e. The van der Waals surface area contributed by atoms with Gasteiger partial charge in [0.15, 0.2) is 18.6 Å². The van der Waals surface area contributed by atoms with Gasteiger partial charge in [-0.25, -0.2) is 23.5 Å². The number of carboxylic acid groups (broad SMARTS) is 1. The zero-order chi connectivity index (χ0) is 34.8. The van der Waals surface area contributed by atoms with Crippen LogP contribution in [0, 0.1) is 0 Å². The van der Waals surface area contributed by atoms with Crippen LogP contribution in [-0.4, -0.2) is 124 Å². The summed E-state index contributed by atoms with van der Waals surface area (Å²) in [7, 11) is -11.5. The van der Waals surface area contributed by atoms with Crippen molar-refractivity contribution in [3.05, 3.63) is 68.5 Å². The Bertz CT molecular complexity index is 1680. The van der Waals surface area contributed by atoms with Crippen LogP contribution in [0.2, 0.25) is 0 Å². The zero-order valence-corrected chi connectivity index (χ0v) is 25.2. The lowest BCUT2D eigenvalue weighted by molar-refractivity contribution is -0.280. The second kappa shape index (κ2) is 14.5. The Morgan fingerprint density at radius 2 is 1.55 bits per heavy atom. The van der Waals surface area contributed by atoms with Gasteiger partial charge in [0.05, 0.1) is 24.3 Å². The van der Waals surface area contributed by atoms with Gasteiger partial charge in [-0.05, 0) is 12.1 Å². The minimum Gasteiger partial charge on any atom is -0.478 e. The van der Waals surface area contributed by atoms with Crippen LogP contribution in [0.5, 0.6) is 0 Å². The fraction of sp³-hybridized carbons (Fsp3) is 0.478. The Kier molecular flexibility index (Phi) is 11.3. The maximum absolute atomic E-state index is 13.0. The van der Waals surface area contributed by atoms with Gasteiger partial charge in [-0.3, -0.25) is 23.4 Å². The molecule has 0 amide bonds. The van der Waals surface area contributed by atoms with Crippen molar-refractivity contribution in [2.75, 3.05) is 13.2 Å². The van der Waals surface area contributed by atoms with Gasteiger partial charge in [0.25, 0.3) is 5.56 Å². The predicted octanol–water partition coefficient (Wildman–Crippen LogP) is -3.23. The first kappa shape index (κ1) is 36.7. The number of ether oxygens (including phenoxy) is 3. The number of esters is 1. The predicted molar refractivity (Wildman–Crippen MR) is 145 cm³/mol. The fourth-order valence-electron chi connectivity index (χ4n) is 4.52. The average Bonchev–Trinajstić information content (AvgIpc) is 3.29. The number of hydrogen-bond acceptors (Lipinski definition) is 17. The molecule has 47 heavy (non-hydrogen) atoms. The van der Waals surface area contributed by atoms with Crippen molar-refractivity contribution in [3.63, 3.8) is 0 Å². The summed E-state index contributed by atoms with van der Waals surface area (Å²) in [4.78, 5) is 70.4. The number of phosphoric ester groups is 2. The van der Waals surface area contributed by atoms with E-state index in [2.05, 4.69) is 13.4 Å². The minimum absolute atomic E-state index is 0.487. The highest BCUT2D eigenvalue weighted by Crippen LogP contribution is 2.61. The fourth-order valence-corrected chi connectivity index (χ4v) is 6.68. The number of carboxylic acids is 1. The van der Waals surface area contributed by atoms with E-state index in [1.807, 2.05) is 4.98 Å². The monoisotopic (exact) mass is 714 g/mol. The van der Waals surface area contributed by atoms with Crippen LogP contribution in [0.4, 0.5) is 0 Å². The van der Waals surface area contributed by atoms with Gasteiger partial charge in [0, 0.05) is 12.3 Å². The van der Waals surface area contributed by atoms with Gasteiger partial charge in [-0.2, -0.15) is 4.31 Å². The third kappa shape index (κ3) is 8.46. The second-order valence-electron chi connectivity index (χ2n) is 9.91. The van der Waals surface area contributed by atoms with E-state index >= 15 is 0 Å². The van der Waals surface area contributed by atoms with Crippen LogP contribution >= 0.6 is 15.6 Å². The van der Waals surface area contributed by atoms with Crippen molar-refractivity contribution in [1.29, 1.82) is 0 Å². The molecular formula is C23H28N2O20P2. The number of aromatic nitrogens is 2. The Balaban J connectivity index is 1.52. The lowest BCUT2D eigenvalue weighted by atomic mass is 10.00. The smallest absolute Gasteiger partial charge is 0.478 e. The Morgan fingerprint density at radius 3 is 2.17 bits per heavy atom. The highest BCUT2D eigenvalue weighted by atomic mass is 31.3. The number of benzene rings is 1. The molecule has 11 atom stereocenters. The molecule has 2 aliphatic rings. The van der Waals surface area contributed by atoms with Crippen molar-refractivity contribution in [3.8, 4) is 0 Å². The van der Waals surface area contributed by atoms with E-state index < -0.39 is 118 Å². The van der Waals surface area contributed by atoms with Gasteiger partial charge in [-0.15, -0.1) is 0 Å². The molecule has 0 aliphatic carbocycles. The van der Waals surface area contributed by atoms with Crippen LogP contribution in [0.15, 0.2) is 46.1 Å². The van der Waals surface area contributed by atoms with Crippen molar-refractivity contribution in [1.82, 2.24) is 9.55 Å². The summed E-state index contributed by atoms with van der Waals surface area (Å²) in [6, 6.07) is 5.63. The van der Waals surface area contributed by atoms with Crippen LogP contribution in [-0.2, 0) is 36.7 Å². The molecule has 0 spiro atoms. The van der Waals surface area contributed by atoms with E-state index in [9.17, 15) is 68.7 Å². The van der Waals surface area contributed by atoms with E-state index in [4.69, 9.17) is 14.2 Å². The van der Waals surface area contributed by atoms with Crippen molar-refractivity contribution < 1.29 is 86.7 Å². The van der Waals surface area contributed by atoms with Gasteiger partial charge >= 0.3 is 33.3 Å². The molecule has 1 aromatic heterocycles. The van der Waals surface area contributed by atoms with Crippen LogP contribution in [0.3, 0.4) is 0 Å². The topological polar surface area (TPSA) is 340 Å². The first-order valence-corrected chi connectivity index (χ1v) is 16.1. The molecule has 2 saturated heterocycles. The van der Waals surface area contributed by atoms with Gasteiger partial charge in [0.1, 0.15) is 36.6 Å². The highest BCUT2D eigenvalue weighted by Gasteiger charge is 2.51. The lowest BCUT2D eigenvalue weighted by Gasteiger charge is -2.39. The third-order valence-corrected chi connectivity index (χ3v) is 9.35. The third-order valence-electron chi connectivity index (χ3n) is 6.75. The first-order chi connectivity index (χ1) is 21.9. The summed E-state index contributed by atoms with van der Waals surface area (Å²) >= 11 is 0. The number of H-pyrrole nitrogens is 1. The number of aliphatic hydroxyl groups is 5. The molecule has 2 aromatic rings. The van der Waals surface area contributed by atoms with Crippen molar-refractivity contribution in [2.24, 2.45) is 0 Å². The Morgan fingerprint density at radius 1 is 0.894 bits per heavy atom. The molecular weight excluding hydrogens is 686 g/mol. The molecule has 0 saturated carbocycles. The molecule has 9 N–H and O–H groups in total. The number of aromatic carboxylic acids is 1. The quantitative estimate of drug-likeness (QED) is 0.0770. The number of carbonyl (C=O) groups excluding carboxylic acids is 1. The molecule has 24 heteroatoms. The summed E-state index contributed by atoms with van der Waals surface area (Å²) < 4.78 is 54.7. The summed E-state index contributed by atoms with van der Waals surface area (Å²) in [6.07, 6.45) is -16.5. The van der Waals surface area contributed by atoms with E-state index in [0.717, 1.165) is 24.4 Å². The van der Waals surface area contributed by atoms with E-state index in [1.54, 1.807) is 0 Å². The van der Waals surface area contributed by atoms with E-state index in [1.165, 1.54) is 12.1 Å². The lowest BCUT2D eigenvalue weighted by Crippen LogP contribution is -2.58. The molecule has 22 nitrogen and oxygen atoms in total. The number of nitrogens with one attached hydrogen (secondary N) is 1. The SMILES string of the molecule is O=C(O)c1ccccc1C(=O)O[C@H]1[C@@H](O)[C@H](n2ccc(=O)[nH]c2=O)O[C@@H]1COP(=O)(O)OP(=O)(O)O[C@H]1O[C@H](CO)[C@@H](O)[C@H](O)[C@H]1O. The number of aliphatic hydroxyl groups excluding tert-OH is 5. The maximum atomic E-state index is 13.0. The van der Waals surface area contributed by atoms with Crippen molar-refractivity contribution in [2.45, 2.75) is 55.2 Å². The maximum Gasteiger partial charge on any atom is 0.483 e. The molecule has 3 heterocycles. The molecule has 4 rings (SSSR count). The first-order valence-electron chi connectivity index (χ1n) is 13.1. The van der Waals surface area contributed by atoms with Gasteiger partial charge in [-0.1, -0.05) is 12.1 Å². The number of aromatic amines is 1. The van der Waals surface area contributed by atoms with Gasteiger partial charge in [0.2, 0.25) is 0 Å². The zero-order valence-electron chi connectivity index (χ0n) is 23.4. The summed E-state index contributed by atoms with van der Waals surface area (Å²) in [5.41, 5.74) is -2.92. The Labute approximate surface area is 261 Å². The molecule has 0 radical (unpaired) electrons. The standard InChI is InChI=1S/C23H28N2O20P2/c26-7-11-14(28)15(29)16(30)22(42-11)44-47(38,39)45-46(36,37)40-8-12-18(43-21(34)10-4-2-1-3-9(10)20(32)33)17(31)19(41-12)25-6-5-13(27)24-23(25)35/h1-6,11-12,14-19,22,26,28-31H,7-8H2,(H,32,33)(H,36,37)(H,38,39)(H,24,27,35)/t11-,12-,14-,15+,16-,17-,18-,19-,22-/m1/s1. The van der Waals surface area contributed by atoms with Gasteiger partial charge < -0.3 is 54.6 Å². The van der Waals surface area contributed by atoms with Crippen LogP contribution in [0.1, 0.15) is 26.9 Å². The number of hydrogen-bond donors (Lipinski definition) is 9. The highest BCUT2D eigenvalue weighted by molar-refractivity contribution is 7.61. The average molecular weight is 714 g/mol. The van der Waals surface area contributed by atoms with E-state index in [0.29, 0.717) is 4.57 Å². The summed E-state index contributed by atoms with van der Waals surface area (Å²) in [5.74, 6) is -2.85. The normalized spacial score (nSPS) is 31.9. The second-order valence-corrected chi connectivity index (χ2v) is 12.9. The molecule has 2 aliphatic heterocycles. The molecule has 2 fully saturated rings. The van der Waals surface area contributed by atoms with Crippen molar-refractivity contribution >= 4 is 27.6 Å². The number of nitrogens with zero attached hydrogens (tertiary/aromatic N) is 1. The van der Waals surface area contributed by atoms with E-state index in [-0.39, 0.29) is 0 Å². The Hall–Kier alpha value is -3.18. The minimum atomic E-state index is -5.75. The number of carbonyl (C=O) groups is 2. The van der Waals surface area contributed by atoms with Crippen LogP contribution < -0.4 is 11.2 Å². The molecule has 0 bridgehead atoms. The number of phosphoric acid groups is 2. The number of rotatable bonds is 12.